The molecule has 4 N–H and O–H groups in total. The summed E-state index contributed by atoms with van der Waals surface area (Å²) >= 11 is 0. The van der Waals surface area contributed by atoms with Gasteiger partial charge in [0.15, 0.2) is 5.82 Å². The summed E-state index contributed by atoms with van der Waals surface area (Å²) < 4.78 is 31.4. The SMILES string of the molecule is C[C@@](N)(Cc1cc(F)c(OBO)cc1F)C(=O)O. The monoisotopic (exact) mass is 259 g/mol. The fourth-order valence-electron chi connectivity index (χ4n) is 1.36. The Hall–Kier alpha value is -1.67. The van der Waals surface area contributed by atoms with Crippen LogP contribution in [0.25, 0.3) is 0 Å². The molecule has 0 spiro atoms. The molecule has 0 unspecified atom stereocenters. The molecular weight excluding hydrogens is 247 g/mol. The lowest BCUT2D eigenvalue weighted by Crippen LogP contribution is -2.47. The first-order valence-electron chi connectivity index (χ1n) is 5.02. The van der Waals surface area contributed by atoms with Crippen molar-refractivity contribution in [1.82, 2.24) is 0 Å². The van der Waals surface area contributed by atoms with Gasteiger partial charge in [0.2, 0.25) is 0 Å². The van der Waals surface area contributed by atoms with Crippen LogP contribution in [0.4, 0.5) is 8.78 Å². The lowest BCUT2D eigenvalue weighted by atomic mass is 9.93. The van der Waals surface area contributed by atoms with Crippen molar-refractivity contribution in [3.63, 3.8) is 0 Å². The molecule has 0 aromatic heterocycles. The Morgan fingerprint density at radius 1 is 1.50 bits per heavy atom. The zero-order valence-corrected chi connectivity index (χ0v) is 9.61. The molecule has 1 aromatic rings. The van der Waals surface area contributed by atoms with Crippen molar-refractivity contribution in [3.05, 3.63) is 29.3 Å². The first-order chi connectivity index (χ1) is 8.27. The van der Waals surface area contributed by atoms with Crippen molar-refractivity contribution in [2.24, 2.45) is 5.73 Å². The van der Waals surface area contributed by atoms with E-state index in [-0.39, 0.29) is 12.0 Å². The third-order valence-electron chi connectivity index (χ3n) is 2.37. The van der Waals surface area contributed by atoms with Gasteiger partial charge in [-0.3, -0.25) is 4.79 Å². The molecule has 8 heteroatoms. The van der Waals surface area contributed by atoms with E-state index in [0.717, 1.165) is 12.1 Å². The van der Waals surface area contributed by atoms with Crippen LogP contribution in [0.15, 0.2) is 12.1 Å². The molecule has 1 aromatic carbocycles. The Bertz CT molecular complexity index is 467. The summed E-state index contributed by atoms with van der Waals surface area (Å²) in [6.45, 7) is 1.20. The van der Waals surface area contributed by atoms with E-state index in [1.165, 1.54) is 6.92 Å². The number of halogens is 2. The summed E-state index contributed by atoms with van der Waals surface area (Å²) in [6, 6.07) is 1.53. The average Bonchev–Trinajstić information content (AvgIpc) is 2.25. The van der Waals surface area contributed by atoms with Crippen LogP contribution in [0.1, 0.15) is 12.5 Å². The molecule has 98 valence electrons. The summed E-state index contributed by atoms with van der Waals surface area (Å²) in [5.41, 5.74) is 3.57. The Labute approximate surface area is 102 Å². The molecule has 0 aliphatic heterocycles. The fraction of sp³-hybridized carbons (Fsp3) is 0.300. The van der Waals surface area contributed by atoms with Gasteiger partial charge in [-0.05, 0) is 18.6 Å². The second-order valence-electron chi connectivity index (χ2n) is 4.05. The van der Waals surface area contributed by atoms with Crippen molar-refractivity contribution in [3.8, 4) is 5.75 Å². The van der Waals surface area contributed by atoms with Crippen LogP contribution in [0, 0.1) is 11.6 Å². The first-order valence-corrected chi connectivity index (χ1v) is 5.02. The van der Waals surface area contributed by atoms with E-state index >= 15 is 0 Å². The van der Waals surface area contributed by atoms with Gasteiger partial charge in [-0.1, -0.05) is 0 Å². The number of nitrogens with two attached hydrogens (primary N) is 1. The molecule has 18 heavy (non-hydrogen) atoms. The summed E-state index contributed by atoms with van der Waals surface area (Å²) in [7, 11) is -0.792. The maximum absolute atomic E-state index is 13.6. The minimum absolute atomic E-state index is 0.176. The molecule has 0 heterocycles. The van der Waals surface area contributed by atoms with E-state index in [1.807, 2.05) is 0 Å². The fourth-order valence-corrected chi connectivity index (χ4v) is 1.36. The maximum Gasteiger partial charge on any atom is 0.504 e. The van der Waals surface area contributed by atoms with Crippen molar-refractivity contribution in [2.75, 3.05) is 0 Å². The minimum Gasteiger partial charge on any atom is -0.537 e. The normalized spacial score (nSPS) is 13.8. The summed E-state index contributed by atoms with van der Waals surface area (Å²) in [5, 5.41) is 17.3. The summed E-state index contributed by atoms with van der Waals surface area (Å²) in [4.78, 5) is 10.8. The molecule has 5 nitrogen and oxygen atoms in total. The molecule has 0 fully saturated rings. The van der Waals surface area contributed by atoms with Crippen LogP contribution in [0.2, 0.25) is 0 Å². The van der Waals surface area contributed by atoms with Crippen molar-refractivity contribution < 1.29 is 28.4 Å². The molecule has 0 radical (unpaired) electrons. The van der Waals surface area contributed by atoms with Crippen LogP contribution in [-0.4, -0.2) is 29.3 Å². The highest BCUT2D eigenvalue weighted by atomic mass is 19.1. The van der Waals surface area contributed by atoms with Gasteiger partial charge in [-0.2, -0.15) is 0 Å². The van der Waals surface area contributed by atoms with E-state index in [2.05, 4.69) is 4.65 Å². The predicted molar refractivity (Wildman–Crippen MR) is 60.3 cm³/mol. The molecule has 0 aliphatic carbocycles. The zero-order chi connectivity index (χ0) is 13.9. The Morgan fingerprint density at radius 3 is 2.61 bits per heavy atom. The molecule has 1 atom stereocenters. The van der Waals surface area contributed by atoms with E-state index in [1.54, 1.807) is 0 Å². The minimum atomic E-state index is -1.70. The molecular formula is C10H12BF2NO4. The van der Waals surface area contributed by atoms with Gasteiger partial charge in [-0.25, -0.2) is 8.78 Å². The number of carbonyl (C=O) groups is 1. The van der Waals surface area contributed by atoms with Gasteiger partial charge in [0, 0.05) is 12.5 Å². The molecule has 0 bridgehead atoms. The number of hydrogen-bond donors (Lipinski definition) is 3. The average molecular weight is 259 g/mol. The van der Waals surface area contributed by atoms with Crippen LogP contribution in [0.5, 0.6) is 5.75 Å². The first kappa shape index (κ1) is 14.4. The van der Waals surface area contributed by atoms with Gasteiger partial charge in [0.25, 0.3) is 0 Å². The third-order valence-corrected chi connectivity index (χ3v) is 2.37. The third kappa shape index (κ3) is 3.17. The van der Waals surface area contributed by atoms with Gasteiger partial charge in [0.05, 0.1) is 0 Å². The Kier molecular flexibility index (Phi) is 4.26. The Balaban J connectivity index is 3.05. The number of carboxylic acid groups (broad SMARTS) is 1. The summed E-state index contributed by atoms with van der Waals surface area (Å²) in [5.74, 6) is -3.52. The van der Waals surface area contributed by atoms with E-state index < -0.39 is 36.6 Å². The summed E-state index contributed by atoms with van der Waals surface area (Å²) in [6.07, 6.45) is -0.371. The smallest absolute Gasteiger partial charge is 0.504 e. The van der Waals surface area contributed by atoms with Crippen LogP contribution in [0.3, 0.4) is 0 Å². The molecule has 0 saturated carbocycles. The quantitative estimate of drug-likeness (QED) is 0.644. The lowest BCUT2D eigenvalue weighted by Gasteiger charge is -2.19. The van der Waals surface area contributed by atoms with Crippen molar-refractivity contribution >= 4 is 13.7 Å². The largest absolute Gasteiger partial charge is 0.537 e. The van der Waals surface area contributed by atoms with Crippen molar-refractivity contribution in [1.29, 1.82) is 0 Å². The number of carboxylic acids is 1. The molecule has 0 saturated heterocycles. The van der Waals surface area contributed by atoms with Crippen LogP contribution >= 0.6 is 0 Å². The number of rotatable bonds is 5. The number of aliphatic carboxylic acids is 1. The second-order valence-corrected chi connectivity index (χ2v) is 4.05. The molecule has 0 aliphatic rings. The van der Waals surface area contributed by atoms with Gasteiger partial charge >= 0.3 is 13.7 Å². The predicted octanol–water partition coefficient (Wildman–Crippen LogP) is -0.0531. The number of benzene rings is 1. The highest BCUT2D eigenvalue weighted by molar-refractivity contribution is 6.17. The second kappa shape index (κ2) is 5.32. The highest BCUT2D eigenvalue weighted by Crippen LogP contribution is 2.23. The van der Waals surface area contributed by atoms with Gasteiger partial charge in [0.1, 0.15) is 17.1 Å². The van der Waals surface area contributed by atoms with Crippen LogP contribution in [-0.2, 0) is 11.2 Å². The highest BCUT2D eigenvalue weighted by Gasteiger charge is 2.29. The molecule has 1 rings (SSSR count). The zero-order valence-electron chi connectivity index (χ0n) is 9.61. The van der Waals surface area contributed by atoms with Gasteiger partial charge < -0.3 is 20.5 Å². The number of hydrogen-bond acceptors (Lipinski definition) is 4. The Morgan fingerprint density at radius 2 is 2.11 bits per heavy atom. The maximum atomic E-state index is 13.6. The standard InChI is InChI=1S/C10H12BF2NO4/c1-10(14,9(15)16)4-5-2-7(13)8(18-11-17)3-6(5)12/h2-3,11,17H,4,14H2,1H3,(H,15,16)/t10-/m1/s1. The molecule has 0 amide bonds. The van der Waals surface area contributed by atoms with Crippen LogP contribution < -0.4 is 10.4 Å². The van der Waals surface area contributed by atoms with Crippen molar-refractivity contribution in [2.45, 2.75) is 18.9 Å². The lowest BCUT2D eigenvalue weighted by molar-refractivity contribution is -0.142. The topological polar surface area (TPSA) is 92.8 Å². The van der Waals surface area contributed by atoms with E-state index in [0.29, 0.717) is 0 Å². The van der Waals surface area contributed by atoms with E-state index in [9.17, 15) is 13.6 Å². The van der Waals surface area contributed by atoms with Gasteiger partial charge in [-0.15, -0.1) is 0 Å². The van der Waals surface area contributed by atoms with E-state index in [4.69, 9.17) is 15.9 Å².